The topological polar surface area (TPSA) is 53.6 Å². The zero-order valence-electron chi connectivity index (χ0n) is 11.6. The van der Waals surface area contributed by atoms with Gasteiger partial charge in [-0.2, -0.15) is 10.4 Å². The first-order chi connectivity index (χ1) is 10.3. The van der Waals surface area contributed by atoms with E-state index in [1.807, 2.05) is 55.6 Å². The SMILES string of the molecule is Cn1nc(-c2ccccc2)cc1Nc1ccc(C#N)cc1. The van der Waals surface area contributed by atoms with E-state index in [-0.39, 0.29) is 0 Å². The molecule has 0 unspecified atom stereocenters. The highest BCUT2D eigenvalue weighted by molar-refractivity contribution is 5.66. The third-order valence-corrected chi connectivity index (χ3v) is 3.24. The summed E-state index contributed by atoms with van der Waals surface area (Å²) in [6.07, 6.45) is 0. The number of nitrogens with zero attached hydrogens (tertiary/aromatic N) is 3. The van der Waals surface area contributed by atoms with Crippen LogP contribution in [0.1, 0.15) is 5.56 Å². The summed E-state index contributed by atoms with van der Waals surface area (Å²) >= 11 is 0. The lowest BCUT2D eigenvalue weighted by Crippen LogP contribution is -1.98. The molecular weight excluding hydrogens is 260 g/mol. The molecule has 0 saturated carbocycles. The Morgan fingerprint density at radius 2 is 1.76 bits per heavy atom. The van der Waals surface area contributed by atoms with Gasteiger partial charge in [-0.15, -0.1) is 0 Å². The van der Waals surface area contributed by atoms with E-state index in [9.17, 15) is 0 Å². The first kappa shape index (κ1) is 12.9. The van der Waals surface area contributed by atoms with E-state index < -0.39 is 0 Å². The van der Waals surface area contributed by atoms with Gasteiger partial charge in [-0.05, 0) is 24.3 Å². The van der Waals surface area contributed by atoms with E-state index in [1.54, 1.807) is 16.8 Å². The molecular formula is C17H14N4. The smallest absolute Gasteiger partial charge is 0.128 e. The highest BCUT2D eigenvalue weighted by Gasteiger charge is 2.07. The van der Waals surface area contributed by atoms with Gasteiger partial charge in [0.1, 0.15) is 5.82 Å². The fourth-order valence-corrected chi connectivity index (χ4v) is 2.11. The van der Waals surface area contributed by atoms with Gasteiger partial charge in [0, 0.05) is 24.4 Å². The lowest BCUT2D eigenvalue weighted by molar-refractivity contribution is 0.780. The van der Waals surface area contributed by atoms with E-state index in [1.165, 1.54) is 0 Å². The van der Waals surface area contributed by atoms with Gasteiger partial charge in [0.15, 0.2) is 0 Å². The van der Waals surface area contributed by atoms with Gasteiger partial charge in [0.05, 0.1) is 17.3 Å². The van der Waals surface area contributed by atoms with Gasteiger partial charge in [-0.1, -0.05) is 30.3 Å². The largest absolute Gasteiger partial charge is 0.340 e. The van der Waals surface area contributed by atoms with Crippen molar-refractivity contribution in [2.45, 2.75) is 0 Å². The molecule has 4 heteroatoms. The summed E-state index contributed by atoms with van der Waals surface area (Å²) in [5, 5.41) is 16.6. The molecule has 0 aliphatic carbocycles. The number of hydrogen-bond donors (Lipinski definition) is 1. The van der Waals surface area contributed by atoms with Crippen LogP contribution in [0.3, 0.4) is 0 Å². The molecule has 1 heterocycles. The van der Waals surface area contributed by atoms with Crippen molar-refractivity contribution in [1.29, 1.82) is 5.26 Å². The zero-order valence-corrected chi connectivity index (χ0v) is 11.6. The molecule has 0 atom stereocenters. The normalized spacial score (nSPS) is 10.1. The molecule has 0 saturated heterocycles. The van der Waals surface area contributed by atoms with Crippen LogP contribution in [0.25, 0.3) is 11.3 Å². The number of benzene rings is 2. The van der Waals surface area contributed by atoms with Crippen LogP contribution < -0.4 is 5.32 Å². The maximum absolute atomic E-state index is 8.81. The van der Waals surface area contributed by atoms with Gasteiger partial charge < -0.3 is 5.32 Å². The van der Waals surface area contributed by atoms with Crippen LogP contribution in [-0.2, 0) is 7.05 Å². The fraction of sp³-hybridized carbons (Fsp3) is 0.0588. The highest BCUT2D eigenvalue weighted by Crippen LogP contribution is 2.23. The molecule has 21 heavy (non-hydrogen) atoms. The molecule has 3 rings (SSSR count). The first-order valence-electron chi connectivity index (χ1n) is 6.63. The molecule has 0 aliphatic rings. The zero-order chi connectivity index (χ0) is 14.7. The third-order valence-electron chi connectivity index (χ3n) is 3.24. The van der Waals surface area contributed by atoms with Crippen LogP contribution in [-0.4, -0.2) is 9.78 Å². The molecule has 1 N–H and O–H groups in total. The van der Waals surface area contributed by atoms with Crippen LogP contribution in [0.2, 0.25) is 0 Å². The van der Waals surface area contributed by atoms with Gasteiger partial charge in [-0.3, -0.25) is 4.68 Å². The van der Waals surface area contributed by atoms with Gasteiger partial charge in [0.2, 0.25) is 0 Å². The Morgan fingerprint density at radius 3 is 2.43 bits per heavy atom. The number of aromatic nitrogens is 2. The second-order valence-electron chi connectivity index (χ2n) is 4.72. The Hall–Kier alpha value is -3.06. The third kappa shape index (κ3) is 2.77. The number of nitrogens with one attached hydrogen (secondary N) is 1. The van der Waals surface area contributed by atoms with Gasteiger partial charge >= 0.3 is 0 Å². The Labute approximate surface area is 123 Å². The molecule has 0 radical (unpaired) electrons. The number of aryl methyl sites for hydroxylation is 1. The Kier molecular flexibility index (Phi) is 3.40. The van der Waals surface area contributed by atoms with E-state index in [0.717, 1.165) is 22.8 Å². The van der Waals surface area contributed by atoms with E-state index in [4.69, 9.17) is 5.26 Å². The van der Waals surface area contributed by atoms with Crippen molar-refractivity contribution in [2.24, 2.45) is 7.05 Å². The summed E-state index contributed by atoms with van der Waals surface area (Å²) < 4.78 is 1.81. The molecule has 102 valence electrons. The monoisotopic (exact) mass is 274 g/mol. The molecule has 2 aromatic carbocycles. The molecule has 0 amide bonds. The molecule has 1 aromatic heterocycles. The number of hydrogen-bond acceptors (Lipinski definition) is 3. The summed E-state index contributed by atoms with van der Waals surface area (Å²) in [6.45, 7) is 0. The van der Waals surface area contributed by atoms with Crippen molar-refractivity contribution >= 4 is 11.5 Å². The van der Waals surface area contributed by atoms with Gasteiger partial charge in [0.25, 0.3) is 0 Å². The van der Waals surface area contributed by atoms with Crippen molar-refractivity contribution in [3.63, 3.8) is 0 Å². The van der Waals surface area contributed by atoms with Crippen molar-refractivity contribution in [3.05, 3.63) is 66.2 Å². The van der Waals surface area contributed by atoms with Crippen molar-refractivity contribution in [2.75, 3.05) is 5.32 Å². The van der Waals surface area contributed by atoms with E-state index in [2.05, 4.69) is 16.5 Å². The molecule has 0 spiro atoms. The van der Waals surface area contributed by atoms with E-state index >= 15 is 0 Å². The number of nitriles is 1. The van der Waals surface area contributed by atoms with Crippen LogP contribution in [0, 0.1) is 11.3 Å². The van der Waals surface area contributed by atoms with E-state index in [0.29, 0.717) is 5.56 Å². The predicted molar refractivity (Wildman–Crippen MR) is 83.1 cm³/mol. The average Bonchev–Trinajstić information content (AvgIpc) is 2.90. The summed E-state index contributed by atoms with van der Waals surface area (Å²) in [4.78, 5) is 0. The van der Waals surface area contributed by atoms with Crippen LogP contribution >= 0.6 is 0 Å². The van der Waals surface area contributed by atoms with Crippen LogP contribution in [0.15, 0.2) is 60.7 Å². The lowest BCUT2D eigenvalue weighted by atomic mass is 10.1. The quantitative estimate of drug-likeness (QED) is 0.792. The summed E-state index contributed by atoms with van der Waals surface area (Å²) in [7, 11) is 1.90. The van der Waals surface area contributed by atoms with Crippen molar-refractivity contribution in [1.82, 2.24) is 9.78 Å². The standard InChI is InChI=1S/C17H14N4/c1-21-17(19-15-9-7-13(12-18)8-10-15)11-16(20-21)14-5-3-2-4-6-14/h2-11,19H,1H3. The molecule has 4 nitrogen and oxygen atoms in total. The average molecular weight is 274 g/mol. The van der Waals surface area contributed by atoms with Crippen LogP contribution in [0.5, 0.6) is 0 Å². The minimum atomic E-state index is 0.649. The molecule has 3 aromatic rings. The summed E-state index contributed by atoms with van der Waals surface area (Å²) in [5.41, 5.74) is 3.59. The molecule has 0 bridgehead atoms. The molecule has 0 aliphatic heterocycles. The molecule has 0 fully saturated rings. The number of rotatable bonds is 3. The second kappa shape index (κ2) is 5.51. The lowest BCUT2D eigenvalue weighted by Gasteiger charge is -2.05. The minimum absolute atomic E-state index is 0.649. The Bertz CT molecular complexity index is 780. The first-order valence-corrected chi connectivity index (χ1v) is 6.63. The maximum Gasteiger partial charge on any atom is 0.128 e. The number of anilines is 2. The summed E-state index contributed by atoms with van der Waals surface area (Å²) in [5.74, 6) is 0.901. The summed E-state index contributed by atoms with van der Waals surface area (Å²) in [6, 6.07) is 21.5. The fourth-order valence-electron chi connectivity index (χ4n) is 2.11. The van der Waals surface area contributed by atoms with Gasteiger partial charge in [-0.25, -0.2) is 0 Å². The van der Waals surface area contributed by atoms with Crippen molar-refractivity contribution in [3.8, 4) is 17.3 Å². The van der Waals surface area contributed by atoms with Crippen LogP contribution in [0.4, 0.5) is 11.5 Å². The second-order valence-corrected chi connectivity index (χ2v) is 4.72. The van der Waals surface area contributed by atoms with Crippen molar-refractivity contribution < 1.29 is 0 Å². The highest BCUT2D eigenvalue weighted by atomic mass is 15.3. The Balaban J connectivity index is 1.86. The Morgan fingerprint density at radius 1 is 1.05 bits per heavy atom. The minimum Gasteiger partial charge on any atom is -0.340 e. The predicted octanol–water partition coefficient (Wildman–Crippen LogP) is 3.70. The maximum atomic E-state index is 8.81.